The van der Waals surface area contributed by atoms with Gasteiger partial charge in [0.2, 0.25) is 11.8 Å². The average molecular weight is 471 g/mol. The minimum atomic E-state index is -0.977. The van der Waals surface area contributed by atoms with Crippen LogP contribution >= 0.6 is 0 Å². The molecule has 1 unspecified atom stereocenters. The highest BCUT2D eigenvalue weighted by atomic mass is 16.5. The highest BCUT2D eigenvalue weighted by Crippen LogP contribution is 2.31. The van der Waals surface area contributed by atoms with Crippen LogP contribution in [0, 0.1) is 0 Å². The van der Waals surface area contributed by atoms with Crippen LogP contribution in [-0.4, -0.2) is 91.0 Å². The number of rotatable bonds is 5. The van der Waals surface area contributed by atoms with E-state index in [0.717, 1.165) is 50.3 Å². The first-order valence-corrected chi connectivity index (χ1v) is 12.0. The normalized spacial score (nSPS) is 28.7. The molecule has 3 saturated heterocycles. The number of benzene rings is 1. The molecule has 34 heavy (non-hydrogen) atoms. The fourth-order valence-electron chi connectivity index (χ4n) is 5.32. The van der Waals surface area contributed by atoms with Crippen molar-refractivity contribution in [2.75, 3.05) is 33.2 Å². The van der Waals surface area contributed by atoms with Gasteiger partial charge in [-0.3, -0.25) is 29.4 Å². The molecule has 0 radical (unpaired) electrons. The fourth-order valence-corrected chi connectivity index (χ4v) is 5.32. The van der Waals surface area contributed by atoms with Crippen molar-refractivity contribution in [3.05, 3.63) is 29.3 Å². The number of carbonyl (C=O) groups is 4. The number of imide groups is 2. The largest absolute Gasteiger partial charge is 0.489 e. The topological polar surface area (TPSA) is 117 Å². The van der Waals surface area contributed by atoms with Crippen molar-refractivity contribution in [1.82, 2.24) is 20.4 Å². The van der Waals surface area contributed by atoms with E-state index in [2.05, 4.69) is 15.5 Å². The summed E-state index contributed by atoms with van der Waals surface area (Å²) >= 11 is 0. The molecular weight excluding hydrogens is 440 g/mol. The van der Waals surface area contributed by atoms with Gasteiger partial charge in [-0.05, 0) is 57.6 Å². The standard InChI is InChI=1S/C24H30N4O6/c1-27-12-16(33-14-6-8-25-9-7-14)10-17(13-27)34-15-2-3-18-19(11-15)24(32)28(23(18)31)20-4-5-21(29)26-22(20)30/h2-3,11,14,16-17,20,25H,4-10,12-13H2,1H3,(H,26,29,30)/t16-,17-,20?/m1/s1. The number of carbonyl (C=O) groups excluding carboxylic acids is 4. The number of ether oxygens (including phenoxy) is 2. The van der Waals surface area contributed by atoms with Crippen LogP contribution in [0.25, 0.3) is 0 Å². The first-order chi connectivity index (χ1) is 16.4. The molecular formula is C24H30N4O6. The lowest BCUT2D eigenvalue weighted by Gasteiger charge is -2.38. The average Bonchev–Trinajstić information content (AvgIpc) is 3.04. The third-order valence-electron chi connectivity index (χ3n) is 6.94. The van der Waals surface area contributed by atoms with E-state index < -0.39 is 29.7 Å². The van der Waals surface area contributed by atoms with Gasteiger partial charge >= 0.3 is 0 Å². The second-order valence-electron chi connectivity index (χ2n) is 9.56. The number of amides is 4. The molecule has 3 atom stereocenters. The monoisotopic (exact) mass is 470 g/mol. The number of likely N-dealkylation sites (N-methyl/N-ethyl adjacent to an activating group) is 1. The molecule has 4 heterocycles. The molecule has 182 valence electrons. The summed E-state index contributed by atoms with van der Waals surface area (Å²) in [5.74, 6) is -1.56. The number of hydrogen-bond donors (Lipinski definition) is 2. The third kappa shape index (κ3) is 4.57. The second kappa shape index (κ2) is 9.44. The van der Waals surface area contributed by atoms with Gasteiger partial charge in [0.15, 0.2) is 0 Å². The Morgan fingerprint density at radius 2 is 1.65 bits per heavy atom. The van der Waals surface area contributed by atoms with E-state index in [4.69, 9.17) is 9.47 Å². The van der Waals surface area contributed by atoms with Crippen molar-refractivity contribution in [3.8, 4) is 5.75 Å². The Morgan fingerprint density at radius 1 is 0.912 bits per heavy atom. The molecule has 0 saturated carbocycles. The maximum atomic E-state index is 13.1. The molecule has 0 spiro atoms. The first-order valence-electron chi connectivity index (χ1n) is 12.0. The Kier molecular flexibility index (Phi) is 6.37. The summed E-state index contributed by atoms with van der Waals surface area (Å²) < 4.78 is 12.6. The van der Waals surface area contributed by atoms with Gasteiger partial charge in [-0.1, -0.05) is 0 Å². The molecule has 4 amide bonds. The SMILES string of the molecule is CN1C[C@H](Oc2ccc3c(c2)C(=O)N(C2CCC(=O)NC2=O)C3=O)C[C@@H](OC2CCNCC2)C1. The number of hydrogen-bond acceptors (Lipinski definition) is 8. The first kappa shape index (κ1) is 22.9. The molecule has 3 fully saturated rings. The molecule has 4 aliphatic rings. The highest BCUT2D eigenvalue weighted by Gasteiger charge is 2.44. The fraction of sp³-hybridized carbons (Fsp3) is 0.583. The van der Waals surface area contributed by atoms with Gasteiger partial charge in [-0.15, -0.1) is 0 Å². The quantitative estimate of drug-likeness (QED) is 0.591. The van der Waals surface area contributed by atoms with Crippen molar-refractivity contribution in [3.63, 3.8) is 0 Å². The van der Waals surface area contributed by atoms with E-state index >= 15 is 0 Å². The predicted octanol–water partition coefficient (Wildman–Crippen LogP) is 0.308. The third-order valence-corrected chi connectivity index (χ3v) is 6.94. The zero-order valence-corrected chi connectivity index (χ0v) is 19.2. The minimum Gasteiger partial charge on any atom is -0.489 e. The molecule has 0 bridgehead atoms. The van der Waals surface area contributed by atoms with Crippen LogP contribution in [0.5, 0.6) is 5.75 Å². The van der Waals surface area contributed by atoms with Crippen molar-refractivity contribution in [2.45, 2.75) is 56.5 Å². The molecule has 0 aromatic heterocycles. The summed E-state index contributed by atoms with van der Waals surface area (Å²) in [7, 11) is 2.04. The number of piperidine rings is 3. The van der Waals surface area contributed by atoms with Crippen LogP contribution in [0.1, 0.15) is 52.8 Å². The molecule has 2 N–H and O–H groups in total. The Balaban J connectivity index is 1.26. The smallest absolute Gasteiger partial charge is 0.262 e. The zero-order chi connectivity index (χ0) is 23.8. The molecule has 5 rings (SSSR count). The van der Waals surface area contributed by atoms with Gasteiger partial charge in [0.25, 0.3) is 11.8 Å². The number of nitrogens with zero attached hydrogens (tertiary/aromatic N) is 2. The van der Waals surface area contributed by atoms with Gasteiger partial charge in [-0.25, -0.2) is 0 Å². The number of nitrogens with one attached hydrogen (secondary N) is 2. The Labute approximate surface area is 197 Å². The van der Waals surface area contributed by atoms with Crippen LogP contribution < -0.4 is 15.4 Å². The van der Waals surface area contributed by atoms with Crippen LogP contribution in [0.4, 0.5) is 0 Å². The summed E-state index contributed by atoms with van der Waals surface area (Å²) in [6.07, 6.45) is 3.23. The lowest BCUT2D eigenvalue weighted by atomic mass is 10.0. The van der Waals surface area contributed by atoms with Gasteiger partial charge in [0, 0.05) is 25.9 Å². The Bertz CT molecular complexity index is 1010. The lowest BCUT2D eigenvalue weighted by molar-refractivity contribution is -0.136. The summed E-state index contributed by atoms with van der Waals surface area (Å²) in [4.78, 5) is 52.8. The maximum absolute atomic E-state index is 13.1. The van der Waals surface area contributed by atoms with Crippen molar-refractivity contribution >= 4 is 23.6 Å². The van der Waals surface area contributed by atoms with E-state index in [1.807, 2.05) is 7.05 Å². The summed E-state index contributed by atoms with van der Waals surface area (Å²) in [6.45, 7) is 3.54. The van der Waals surface area contributed by atoms with Crippen molar-refractivity contribution in [1.29, 1.82) is 0 Å². The van der Waals surface area contributed by atoms with E-state index in [9.17, 15) is 19.2 Å². The number of likely N-dealkylation sites (tertiary alicyclic amines) is 1. The van der Waals surface area contributed by atoms with Gasteiger partial charge < -0.3 is 19.7 Å². The lowest BCUT2D eigenvalue weighted by Crippen LogP contribution is -2.54. The van der Waals surface area contributed by atoms with Crippen LogP contribution in [0.2, 0.25) is 0 Å². The molecule has 0 aliphatic carbocycles. The van der Waals surface area contributed by atoms with Crippen molar-refractivity contribution < 1.29 is 28.7 Å². The second-order valence-corrected chi connectivity index (χ2v) is 9.56. The van der Waals surface area contributed by atoms with Crippen LogP contribution in [0.3, 0.4) is 0 Å². The van der Waals surface area contributed by atoms with E-state index in [1.54, 1.807) is 18.2 Å². The van der Waals surface area contributed by atoms with Gasteiger partial charge in [-0.2, -0.15) is 0 Å². The Hall–Kier alpha value is -2.82. The molecule has 1 aromatic rings. The number of fused-ring (bicyclic) bond motifs is 1. The van der Waals surface area contributed by atoms with E-state index in [1.165, 1.54) is 0 Å². The minimum absolute atomic E-state index is 0.0764. The summed E-state index contributed by atoms with van der Waals surface area (Å²) in [6, 6.07) is 3.87. The molecule has 10 nitrogen and oxygen atoms in total. The predicted molar refractivity (Wildman–Crippen MR) is 120 cm³/mol. The van der Waals surface area contributed by atoms with Crippen LogP contribution in [0.15, 0.2) is 18.2 Å². The van der Waals surface area contributed by atoms with Gasteiger partial charge in [0.05, 0.1) is 23.3 Å². The van der Waals surface area contributed by atoms with E-state index in [0.29, 0.717) is 5.75 Å². The Morgan fingerprint density at radius 3 is 2.41 bits per heavy atom. The molecule has 1 aromatic carbocycles. The summed E-state index contributed by atoms with van der Waals surface area (Å²) in [5.41, 5.74) is 0.466. The highest BCUT2D eigenvalue weighted by molar-refractivity contribution is 6.23. The zero-order valence-electron chi connectivity index (χ0n) is 19.2. The summed E-state index contributed by atoms with van der Waals surface area (Å²) in [5, 5.41) is 5.56. The molecule has 10 heteroatoms. The molecule has 4 aliphatic heterocycles. The van der Waals surface area contributed by atoms with Crippen LogP contribution in [-0.2, 0) is 14.3 Å². The van der Waals surface area contributed by atoms with E-state index in [-0.39, 0.29) is 42.3 Å². The van der Waals surface area contributed by atoms with Gasteiger partial charge in [0.1, 0.15) is 17.9 Å². The maximum Gasteiger partial charge on any atom is 0.262 e. The van der Waals surface area contributed by atoms with Crippen molar-refractivity contribution in [2.24, 2.45) is 0 Å².